The van der Waals surface area contributed by atoms with Crippen molar-refractivity contribution in [1.29, 1.82) is 0 Å². The van der Waals surface area contributed by atoms with Crippen molar-refractivity contribution in [1.82, 2.24) is 15.5 Å². The van der Waals surface area contributed by atoms with E-state index in [0.29, 0.717) is 32.8 Å². The van der Waals surface area contributed by atoms with Crippen molar-refractivity contribution in [3.8, 4) is 11.1 Å². The molecule has 14 heteroatoms. The molecule has 0 aliphatic heterocycles. The fraction of sp³-hybridized carbons (Fsp3) is 0.0667. The van der Waals surface area contributed by atoms with Crippen molar-refractivity contribution in [2.45, 2.75) is 4.90 Å². The molecule has 1 atom stereocenters. The van der Waals surface area contributed by atoms with Gasteiger partial charge in [0.2, 0.25) is 0 Å². The molecule has 2 aromatic carbocycles. The fourth-order valence-corrected chi connectivity index (χ4v) is 4.11. The number of hydrazine groups is 1. The monoisotopic (exact) mass is 436 g/mol. The lowest BCUT2D eigenvalue weighted by molar-refractivity contribution is 0.397. The second-order valence-corrected chi connectivity index (χ2v) is 7.67. The Morgan fingerprint density at radius 2 is 2.10 bits per heavy atom. The van der Waals surface area contributed by atoms with E-state index in [4.69, 9.17) is 28.3 Å². The highest BCUT2D eigenvalue weighted by molar-refractivity contribution is 7.96. The zero-order chi connectivity index (χ0) is 21.1. The summed E-state index contributed by atoms with van der Waals surface area (Å²) >= 11 is 0.794. The van der Waals surface area contributed by atoms with E-state index in [1.807, 2.05) is 18.2 Å². The zero-order valence-electron chi connectivity index (χ0n) is 15.2. The molecule has 0 spiro atoms. The molecule has 0 bridgehead atoms. The van der Waals surface area contributed by atoms with E-state index in [9.17, 15) is 4.21 Å². The van der Waals surface area contributed by atoms with Gasteiger partial charge in [0.05, 0.1) is 27.2 Å². The fourth-order valence-electron chi connectivity index (χ4n) is 3.03. The highest BCUT2D eigenvalue weighted by atomic mass is 32.2. The van der Waals surface area contributed by atoms with Crippen LogP contribution in [0.1, 0.15) is 5.56 Å². The number of para-hydroxylation sites is 1. The van der Waals surface area contributed by atoms with E-state index in [0.717, 1.165) is 17.7 Å². The summed E-state index contributed by atoms with van der Waals surface area (Å²) in [5.74, 6) is 10.8. The number of aromatic nitrogens is 2. The zero-order valence-corrected chi connectivity index (χ0v) is 16.9. The van der Waals surface area contributed by atoms with Gasteiger partial charge in [-0.15, -0.1) is 5.10 Å². The molecule has 0 fully saturated rings. The SMILES string of the molecule is CN(SON)c1c(S(N)=O)ccc(-c2cccc3[nH]c(N)nc23)c1/C(N)=N/NN. The molecule has 0 aliphatic rings. The minimum absolute atomic E-state index is 0.0229. The van der Waals surface area contributed by atoms with E-state index in [1.54, 1.807) is 19.2 Å². The van der Waals surface area contributed by atoms with E-state index >= 15 is 0 Å². The number of aromatic amines is 1. The number of H-pyrrole nitrogens is 1. The van der Waals surface area contributed by atoms with E-state index in [1.165, 1.54) is 4.31 Å². The summed E-state index contributed by atoms with van der Waals surface area (Å²) in [5.41, 5.74) is 17.7. The maximum Gasteiger partial charge on any atom is 0.198 e. The molecule has 1 aromatic heterocycles. The third kappa shape index (κ3) is 3.98. The molecule has 1 unspecified atom stereocenters. The summed E-state index contributed by atoms with van der Waals surface area (Å²) in [5, 5.41) is 9.57. The molecule has 3 aromatic rings. The maximum absolute atomic E-state index is 12.2. The van der Waals surface area contributed by atoms with Gasteiger partial charge >= 0.3 is 0 Å². The van der Waals surface area contributed by atoms with Crippen molar-refractivity contribution >= 4 is 51.7 Å². The largest absolute Gasteiger partial charge is 0.382 e. The molecule has 0 aliphatic carbocycles. The third-order valence-electron chi connectivity index (χ3n) is 4.09. The molecule has 0 saturated heterocycles. The first kappa shape index (κ1) is 20.8. The number of nitrogen functional groups attached to an aromatic ring is 1. The summed E-state index contributed by atoms with van der Waals surface area (Å²) in [4.78, 5) is 7.63. The lowest BCUT2D eigenvalue weighted by atomic mass is 9.96. The van der Waals surface area contributed by atoms with Crippen molar-refractivity contribution in [2.24, 2.45) is 27.7 Å². The number of fused-ring (bicyclic) bond motifs is 1. The van der Waals surface area contributed by atoms with E-state index in [2.05, 4.69) is 24.9 Å². The smallest absolute Gasteiger partial charge is 0.198 e. The van der Waals surface area contributed by atoms with Crippen molar-refractivity contribution in [3.63, 3.8) is 0 Å². The van der Waals surface area contributed by atoms with Crippen LogP contribution in [0.3, 0.4) is 0 Å². The summed E-state index contributed by atoms with van der Waals surface area (Å²) in [6, 6.07) is 8.87. The number of rotatable bonds is 7. The Hall–Kier alpha value is -2.88. The first-order valence-electron chi connectivity index (χ1n) is 8.03. The second-order valence-electron chi connectivity index (χ2n) is 5.75. The molecule has 3 rings (SSSR count). The molecule has 1 heterocycles. The molecular weight excluding hydrogens is 416 g/mol. The number of amidine groups is 1. The van der Waals surface area contributed by atoms with Crippen LogP contribution in [-0.2, 0) is 15.3 Å². The van der Waals surface area contributed by atoms with Gasteiger partial charge in [-0.2, -0.15) is 0 Å². The minimum atomic E-state index is -1.84. The topological polar surface area (TPSA) is 213 Å². The van der Waals surface area contributed by atoms with Gasteiger partial charge < -0.3 is 16.5 Å². The molecule has 12 N–H and O–H groups in total. The molecule has 0 amide bonds. The van der Waals surface area contributed by atoms with Gasteiger partial charge in [0.15, 0.2) is 11.8 Å². The summed E-state index contributed by atoms with van der Waals surface area (Å²) in [7, 11) is -0.193. The van der Waals surface area contributed by atoms with Gasteiger partial charge in [-0.05, 0) is 17.7 Å². The molecule has 0 radical (unpaired) electrons. The van der Waals surface area contributed by atoms with Crippen LogP contribution >= 0.6 is 12.2 Å². The Morgan fingerprint density at radius 1 is 1.34 bits per heavy atom. The van der Waals surface area contributed by atoms with Gasteiger partial charge in [-0.3, -0.25) is 4.31 Å². The van der Waals surface area contributed by atoms with Crippen LogP contribution in [-0.4, -0.2) is 27.1 Å². The first-order chi connectivity index (χ1) is 13.9. The minimum Gasteiger partial charge on any atom is -0.382 e. The summed E-state index contributed by atoms with van der Waals surface area (Å²) < 4.78 is 18.4. The average Bonchev–Trinajstić information content (AvgIpc) is 3.07. The summed E-state index contributed by atoms with van der Waals surface area (Å²) in [6.45, 7) is 0. The Kier molecular flexibility index (Phi) is 6.21. The average molecular weight is 437 g/mol. The van der Waals surface area contributed by atoms with Crippen LogP contribution in [0.5, 0.6) is 0 Å². The highest BCUT2D eigenvalue weighted by Gasteiger charge is 2.25. The number of nitrogens with one attached hydrogen (secondary N) is 2. The molecule has 0 saturated carbocycles. The van der Waals surface area contributed by atoms with E-state index < -0.39 is 11.0 Å². The van der Waals surface area contributed by atoms with Gasteiger partial charge in [0, 0.05) is 12.6 Å². The number of benzene rings is 2. The van der Waals surface area contributed by atoms with Gasteiger partial charge in [0.25, 0.3) is 0 Å². The molecular formula is C15H20N10O2S2. The van der Waals surface area contributed by atoms with Crippen molar-refractivity contribution in [3.05, 3.63) is 35.9 Å². The van der Waals surface area contributed by atoms with Crippen LogP contribution in [0.25, 0.3) is 22.2 Å². The normalized spacial score (nSPS) is 12.9. The highest BCUT2D eigenvalue weighted by Crippen LogP contribution is 2.39. The van der Waals surface area contributed by atoms with Crippen LogP contribution < -0.4 is 38.2 Å². The van der Waals surface area contributed by atoms with Crippen molar-refractivity contribution < 1.29 is 8.49 Å². The van der Waals surface area contributed by atoms with Gasteiger partial charge in [-0.25, -0.2) is 35.9 Å². The first-order valence-corrected chi connectivity index (χ1v) is 9.94. The quantitative estimate of drug-likeness (QED) is 0.0644. The molecule has 154 valence electrons. The number of nitrogens with two attached hydrogens (primary N) is 5. The number of hydrazone groups is 1. The Labute approximate surface area is 172 Å². The predicted octanol–water partition coefficient (Wildman–Crippen LogP) is -0.233. The van der Waals surface area contributed by atoms with Crippen molar-refractivity contribution in [2.75, 3.05) is 17.1 Å². The molecule has 29 heavy (non-hydrogen) atoms. The Morgan fingerprint density at radius 3 is 2.76 bits per heavy atom. The standard InChI is InChI=1S/C15H20N10O2S2/c1-25(28-27-19)13-10(29(20)26)6-5-7(11(13)14(16)23-24-18)8-3-2-4-9-12(8)22-15(17)21-9/h2-6,24H,18-20H2,1H3,(H2,16,23)(H3,17,21,22). The number of hydrogen-bond acceptors (Lipinski definition) is 10. The Bertz CT molecular complexity index is 1100. The number of anilines is 2. The lowest BCUT2D eigenvalue weighted by Gasteiger charge is -2.24. The number of nitrogens with zero attached hydrogens (tertiary/aromatic N) is 3. The lowest BCUT2D eigenvalue weighted by Crippen LogP contribution is -2.27. The second kappa shape index (κ2) is 8.64. The summed E-state index contributed by atoms with van der Waals surface area (Å²) in [6.07, 6.45) is 0. The van der Waals surface area contributed by atoms with Crippen LogP contribution in [0.4, 0.5) is 11.6 Å². The number of imidazole rings is 1. The van der Waals surface area contributed by atoms with Crippen LogP contribution in [0.15, 0.2) is 40.3 Å². The van der Waals surface area contributed by atoms with Crippen LogP contribution in [0.2, 0.25) is 0 Å². The number of hydrogen-bond donors (Lipinski definition) is 7. The third-order valence-corrected chi connectivity index (χ3v) is 5.34. The predicted molar refractivity (Wildman–Crippen MR) is 116 cm³/mol. The van der Waals surface area contributed by atoms with Gasteiger partial charge in [-0.1, -0.05) is 18.2 Å². The Balaban J connectivity index is 2.42. The van der Waals surface area contributed by atoms with E-state index in [-0.39, 0.29) is 11.8 Å². The molecule has 12 nitrogen and oxygen atoms in total. The van der Waals surface area contributed by atoms with Crippen LogP contribution in [0, 0.1) is 0 Å². The van der Waals surface area contributed by atoms with Gasteiger partial charge in [0.1, 0.15) is 23.2 Å². The maximum atomic E-state index is 12.2.